The Morgan fingerprint density at radius 3 is 1.87 bits per heavy atom. The number of fused-ring (bicyclic) bond motifs is 5. The molecule has 4 aliphatic carbocycles. The van der Waals surface area contributed by atoms with Crippen LogP contribution in [0.1, 0.15) is 127 Å². The highest BCUT2D eigenvalue weighted by atomic mass is 16.6. The first-order chi connectivity index (χ1) is 21.9. The molecule has 0 N–H and O–H groups in total. The molecule has 9 heteroatoms. The minimum Gasteiger partial charge on any atom is -0.459 e. The van der Waals surface area contributed by atoms with Gasteiger partial charge >= 0.3 is 23.9 Å². The van der Waals surface area contributed by atoms with Crippen molar-refractivity contribution in [2.75, 3.05) is 0 Å². The van der Waals surface area contributed by atoms with Gasteiger partial charge in [0.2, 0.25) is 0 Å². The third-order valence-electron chi connectivity index (χ3n) is 13.3. The fourth-order valence-corrected chi connectivity index (χ4v) is 11.0. The van der Waals surface area contributed by atoms with E-state index in [1.165, 1.54) is 27.7 Å². The summed E-state index contributed by atoms with van der Waals surface area (Å²) in [4.78, 5) is 62.8. The summed E-state index contributed by atoms with van der Waals surface area (Å²) < 4.78 is 23.5. The molecule has 4 aliphatic rings. The number of hydrogen-bond acceptors (Lipinski definition) is 9. The van der Waals surface area contributed by atoms with Crippen LogP contribution in [0.15, 0.2) is 0 Å². The van der Waals surface area contributed by atoms with Crippen LogP contribution in [0, 0.1) is 58.2 Å². The van der Waals surface area contributed by atoms with Gasteiger partial charge in [-0.25, -0.2) is 0 Å². The Hall–Kier alpha value is -2.45. The van der Waals surface area contributed by atoms with E-state index in [0.29, 0.717) is 31.1 Å². The Balaban J connectivity index is 1.67. The summed E-state index contributed by atoms with van der Waals surface area (Å²) in [5.41, 5.74) is -0.405. The van der Waals surface area contributed by atoms with E-state index in [1.807, 2.05) is 0 Å². The van der Waals surface area contributed by atoms with Crippen molar-refractivity contribution in [2.45, 2.75) is 151 Å². The van der Waals surface area contributed by atoms with Gasteiger partial charge in [0.1, 0.15) is 30.2 Å². The largest absolute Gasteiger partial charge is 0.459 e. The number of Topliss-reactive ketones (excluding diaryl/α,β-unsaturated/α-hetero) is 1. The Morgan fingerprint density at radius 1 is 0.723 bits per heavy atom. The van der Waals surface area contributed by atoms with Crippen LogP contribution in [0.3, 0.4) is 0 Å². The number of carbonyl (C=O) groups is 5. The number of ketones is 1. The molecule has 4 saturated carbocycles. The second-order valence-electron chi connectivity index (χ2n) is 16.4. The van der Waals surface area contributed by atoms with E-state index in [-0.39, 0.29) is 58.6 Å². The number of carbonyl (C=O) groups excluding carboxylic acids is 5. The monoisotopic (exact) mass is 660 g/mol. The second-order valence-corrected chi connectivity index (χ2v) is 16.4. The van der Waals surface area contributed by atoms with E-state index in [2.05, 4.69) is 41.5 Å². The van der Waals surface area contributed by atoms with Crippen LogP contribution in [-0.2, 0) is 42.9 Å². The van der Waals surface area contributed by atoms with E-state index in [1.54, 1.807) is 0 Å². The molecule has 0 aliphatic heterocycles. The predicted molar refractivity (Wildman–Crippen MR) is 176 cm³/mol. The third-order valence-corrected chi connectivity index (χ3v) is 13.3. The van der Waals surface area contributed by atoms with Gasteiger partial charge in [0.05, 0.1) is 0 Å². The lowest BCUT2D eigenvalue weighted by atomic mass is 9.46. The molecule has 0 bridgehead atoms. The Bertz CT molecular complexity index is 1200. The first kappa shape index (κ1) is 37.4. The van der Waals surface area contributed by atoms with Crippen molar-refractivity contribution in [3.05, 3.63) is 0 Å². The zero-order valence-electron chi connectivity index (χ0n) is 30.5. The highest BCUT2D eigenvalue weighted by Gasteiger charge is 2.62. The summed E-state index contributed by atoms with van der Waals surface area (Å²) in [6.45, 7) is 18.7. The van der Waals surface area contributed by atoms with Crippen molar-refractivity contribution in [2.24, 2.45) is 58.2 Å². The van der Waals surface area contributed by atoms with Gasteiger partial charge in [0.15, 0.2) is 0 Å². The topological polar surface area (TPSA) is 122 Å². The number of esters is 4. The zero-order valence-corrected chi connectivity index (χ0v) is 30.5. The molecule has 0 saturated heterocycles. The quantitative estimate of drug-likeness (QED) is 0.193. The maximum absolute atomic E-state index is 13.8. The van der Waals surface area contributed by atoms with Crippen LogP contribution >= 0.6 is 0 Å². The number of rotatable bonds is 9. The van der Waals surface area contributed by atoms with Gasteiger partial charge in [-0.1, -0.05) is 41.5 Å². The van der Waals surface area contributed by atoms with Gasteiger partial charge in [-0.05, 0) is 97.7 Å². The SMILES string of the molecule is CC(=O)O[C@H]([C@@H](C)[C@H]1CC[C@H]2[C@@H]3CCCC(=O)[C@H]4C[C@H](OC(C)=O)[C@H](OC(C)=O)C[C@]4(C)[C@H]3CC[C@]12C)[C@H](OC(C)=O)[C@@H](C)C(C)C. The molecule has 4 fully saturated rings. The molecule has 0 aromatic heterocycles. The van der Waals surface area contributed by atoms with Crippen LogP contribution < -0.4 is 0 Å². The number of ether oxygens (including phenoxy) is 4. The Morgan fingerprint density at radius 2 is 1.30 bits per heavy atom. The molecule has 0 spiro atoms. The Labute approximate surface area is 281 Å². The average Bonchev–Trinajstić information content (AvgIpc) is 3.31. The lowest BCUT2D eigenvalue weighted by Gasteiger charge is -2.59. The van der Waals surface area contributed by atoms with Gasteiger partial charge in [-0.2, -0.15) is 0 Å². The Kier molecular flexibility index (Phi) is 11.6. The summed E-state index contributed by atoms with van der Waals surface area (Å²) in [6.07, 6.45) is 4.86. The van der Waals surface area contributed by atoms with E-state index >= 15 is 0 Å². The van der Waals surface area contributed by atoms with Gasteiger partial charge in [-0.3, -0.25) is 24.0 Å². The second kappa shape index (κ2) is 14.6. The molecule has 0 aromatic carbocycles. The summed E-state index contributed by atoms with van der Waals surface area (Å²) in [5.74, 6) is -0.0716. The maximum Gasteiger partial charge on any atom is 0.303 e. The van der Waals surface area contributed by atoms with E-state index in [9.17, 15) is 24.0 Å². The average molecular weight is 661 g/mol. The molecular weight excluding hydrogens is 600 g/mol. The molecule has 9 nitrogen and oxygen atoms in total. The first-order valence-corrected chi connectivity index (χ1v) is 18.1. The van der Waals surface area contributed by atoms with Crippen molar-refractivity contribution >= 4 is 29.7 Å². The van der Waals surface area contributed by atoms with E-state index in [0.717, 1.165) is 38.5 Å². The van der Waals surface area contributed by atoms with Crippen molar-refractivity contribution in [1.82, 2.24) is 0 Å². The fraction of sp³-hybridized carbons (Fsp3) is 0.868. The highest BCUT2D eigenvalue weighted by molar-refractivity contribution is 5.82. The van der Waals surface area contributed by atoms with E-state index < -0.39 is 41.8 Å². The van der Waals surface area contributed by atoms with E-state index in [4.69, 9.17) is 18.9 Å². The first-order valence-electron chi connectivity index (χ1n) is 18.1. The highest BCUT2D eigenvalue weighted by Crippen LogP contribution is 2.67. The maximum atomic E-state index is 13.8. The van der Waals surface area contributed by atoms with Crippen LogP contribution in [-0.4, -0.2) is 54.1 Å². The molecule has 13 atom stereocenters. The normalized spacial score (nSPS) is 37.9. The van der Waals surface area contributed by atoms with Crippen LogP contribution in [0.4, 0.5) is 0 Å². The van der Waals surface area contributed by atoms with Crippen LogP contribution in [0.25, 0.3) is 0 Å². The van der Waals surface area contributed by atoms with Crippen LogP contribution in [0.2, 0.25) is 0 Å². The third kappa shape index (κ3) is 7.59. The minimum absolute atomic E-state index is 0.00116. The zero-order chi connectivity index (χ0) is 35.0. The van der Waals surface area contributed by atoms with Gasteiger partial charge < -0.3 is 18.9 Å². The fourth-order valence-electron chi connectivity index (χ4n) is 11.0. The van der Waals surface area contributed by atoms with Crippen molar-refractivity contribution in [3.8, 4) is 0 Å². The molecule has 4 rings (SSSR count). The summed E-state index contributed by atoms with van der Waals surface area (Å²) in [6, 6.07) is 0. The molecule has 0 radical (unpaired) electrons. The van der Waals surface area contributed by atoms with Crippen molar-refractivity contribution < 1.29 is 42.9 Å². The molecule has 0 amide bonds. The smallest absolute Gasteiger partial charge is 0.303 e. The predicted octanol–water partition coefficient (Wildman–Crippen LogP) is 6.87. The van der Waals surface area contributed by atoms with Crippen molar-refractivity contribution in [3.63, 3.8) is 0 Å². The molecule has 0 aromatic rings. The van der Waals surface area contributed by atoms with Gasteiger partial charge in [-0.15, -0.1) is 0 Å². The van der Waals surface area contributed by atoms with Crippen LogP contribution in [0.5, 0.6) is 0 Å². The summed E-state index contributed by atoms with van der Waals surface area (Å²) in [5, 5.41) is 0. The minimum atomic E-state index is -0.626. The standard InChI is InChI=1S/C38H60O9/c1-20(2)21(3)35(46-25(7)41)36(47-26(8)42)22(4)28-14-15-29-27-12-11-13-32(43)31-18-33(44-23(5)39)34(45-24(6)40)19-38(31,10)30(27)16-17-37(28,29)9/h20-22,27-31,33-36H,11-19H2,1-10H3/t21-,22-,27-,28+,29-,30-,31+,33-,34+,35+,36+,37+,38+/m0/s1. The lowest BCUT2D eigenvalue weighted by Crippen LogP contribution is -2.58. The molecule has 0 heterocycles. The van der Waals surface area contributed by atoms with Gasteiger partial charge in [0.25, 0.3) is 0 Å². The molecule has 266 valence electrons. The van der Waals surface area contributed by atoms with Gasteiger partial charge in [0, 0.05) is 46.0 Å². The molecular formula is C38H60O9. The molecule has 0 unspecified atom stereocenters. The summed E-state index contributed by atoms with van der Waals surface area (Å²) in [7, 11) is 0. The summed E-state index contributed by atoms with van der Waals surface area (Å²) >= 11 is 0. The molecule has 47 heavy (non-hydrogen) atoms. The number of hydrogen-bond donors (Lipinski definition) is 0. The van der Waals surface area contributed by atoms with Crippen molar-refractivity contribution in [1.29, 1.82) is 0 Å². The lowest BCUT2D eigenvalue weighted by molar-refractivity contribution is -0.191.